The van der Waals surface area contributed by atoms with Crippen LogP contribution in [0.15, 0.2) is 48.5 Å². The van der Waals surface area contributed by atoms with Crippen LogP contribution in [0, 0.1) is 11.7 Å². The number of nitrogens with zero attached hydrogens (tertiary/aromatic N) is 1. The Morgan fingerprint density at radius 1 is 1.10 bits per heavy atom. The zero-order valence-corrected chi connectivity index (χ0v) is 16.9. The number of halogens is 1. The maximum atomic E-state index is 13.1. The van der Waals surface area contributed by atoms with Crippen LogP contribution in [0.2, 0.25) is 0 Å². The Hall–Kier alpha value is -3.22. The second-order valence-corrected chi connectivity index (χ2v) is 7.30. The second kappa shape index (κ2) is 10.0. The summed E-state index contributed by atoms with van der Waals surface area (Å²) in [5.74, 6) is -2.06. The molecular weight excluding hydrogens is 387 g/mol. The van der Waals surface area contributed by atoms with Crippen molar-refractivity contribution in [3.63, 3.8) is 0 Å². The monoisotopic (exact) mass is 412 g/mol. The Kier molecular flexibility index (Phi) is 7.17. The number of carbonyl (C=O) groups is 3. The molecule has 0 radical (unpaired) electrons. The van der Waals surface area contributed by atoms with Gasteiger partial charge in [0.25, 0.3) is 11.8 Å². The number of nitrogens with one attached hydrogen (secondary N) is 1. The normalized spacial score (nSPS) is 16.1. The third-order valence-corrected chi connectivity index (χ3v) is 5.12. The molecule has 1 heterocycles. The fourth-order valence-corrected chi connectivity index (χ4v) is 3.40. The Morgan fingerprint density at radius 3 is 2.47 bits per heavy atom. The maximum Gasteiger partial charge on any atom is 0.311 e. The maximum absolute atomic E-state index is 13.1. The van der Waals surface area contributed by atoms with Gasteiger partial charge in [0.2, 0.25) is 0 Å². The zero-order valence-electron chi connectivity index (χ0n) is 16.9. The predicted molar refractivity (Wildman–Crippen MR) is 110 cm³/mol. The van der Waals surface area contributed by atoms with Crippen LogP contribution in [0.4, 0.5) is 10.1 Å². The van der Waals surface area contributed by atoms with E-state index in [4.69, 9.17) is 4.74 Å². The van der Waals surface area contributed by atoms with Gasteiger partial charge in [0.05, 0.1) is 5.92 Å². The predicted octanol–water partition coefficient (Wildman–Crippen LogP) is 3.42. The van der Waals surface area contributed by atoms with Crippen LogP contribution in [0.1, 0.15) is 35.7 Å². The van der Waals surface area contributed by atoms with Crippen molar-refractivity contribution in [2.75, 3.05) is 25.0 Å². The largest absolute Gasteiger partial charge is 0.455 e. The second-order valence-electron chi connectivity index (χ2n) is 7.30. The number of piperidine rings is 1. The van der Waals surface area contributed by atoms with Crippen molar-refractivity contribution >= 4 is 23.5 Å². The van der Waals surface area contributed by atoms with E-state index >= 15 is 0 Å². The van der Waals surface area contributed by atoms with E-state index < -0.39 is 23.6 Å². The van der Waals surface area contributed by atoms with Crippen molar-refractivity contribution in [2.45, 2.75) is 26.2 Å². The van der Waals surface area contributed by atoms with Crippen LogP contribution in [0.5, 0.6) is 0 Å². The van der Waals surface area contributed by atoms with Gasteiger partial charge < -0.3 is 15.0 Å². The third kappa shape index (κ3) is 5.65. The number of anilines is 1. The molecule has 1 N–H and O–H groups in total. The van der Waals surface area contributed by atoms with E-state index in [1.54, 1.807) is 17.0 Å². The minimum Gasteiger partial charge on any atom is -0.455 e. The molecule has 1 atom stereocenters. The van der Waals surface area contributed by atoms with Gasteiger partial charge in [-0.1, -0.05) is 19.1 Å². The lowest BCUT2D eigenvalue weighted by Gasteiger charge is -2.31. The number of rotatable bonds is 6. The smallest absolute Gasteiger partial charge is 0.311 e. The first kappa shape index (κ1) is 21.5. The highest BCUT2D eigenvalue weighted by Crippen LogP contribution is 2.20. The summed E-state index contributed by atoms with van der Waals surface area (Å²) in [5, 5.41) is 2.69. The molecule has 2 aromatic rings. The lowest BCUT2D eigenvalue weighted by Crippen LogP contribution is -2.43. The molecule has 0 bridgehead atoms. The van der Waals surface area contributed by atoms with Gasteiger partial charge in [-0.2, -0.15) is 0 Å². The van der Waals surface area contributed by atoms with Crippen LogP contribution in [-0.4, -0.2) is 42.4 Å². The summed E-state index contributed by atoms with van der Waals surface area (Å²) in [6.07, 6.45) is 2.16. The molecule has 1 saturated heterocycles. The number of likely N-dealkylation sites (tertiary alicyclic amines) is 1. The van der Waals surface area contributed by atoms with E-state index in [0.29, 0.717) is 30.6 Å². The number of hydrogen-bond acceptors (Lipinski definition) is 4. The van der Waals surface area contributed by atoms with E-state index in [2.05, 4.69) is 5.32 Å². The van der Waals surface area contributed by atoms with Crippen molar-refractivity contribution < 1.29 is 23.5 Å². The number of esters is 1. The summed E-state index contributed by atoms with van der Waals surface area (Å²) < 4.78 is 18.2. The first-order valence-electron chi connectivity index (χ1n) is 10.1. The molecule has 1 fully saturated rings. The average molecular weight is 412 g/mol. The van der Waals surface area contributed by atoms with Crippen molar-refractivity contribution in [1.29, 1.82) is 0 Å². The van der Waals surface area contributed by atoms with Crippen molar-refractivity contribution in [2.24, 2.45) is 5.92 Å². The highest BCUT2D eigenvalue weighted by molar-refractivity contribution is 5.95. The highest BCUT2D eigenvalue weighted by Gasteiger charge is 2.30. The van der Waals surface area contributed by atoms with E-state index in [-0.39, 0.29) is 19.1 Å². The highest BCUT2D eigenvalue weighted by atomic mass is 19.1. The Morgan fingerprint density at radius 2 is 1.80 bits per heavy atom. The van der Waals surface area contributed by atoms with Gasteiger partial charge >= 0.3 is 5.97 Å². The van der Waals surface area contributed by atoms with E-state index in [0.717, 1.165) is 12.0 Å². The van der Waals surface area contributed by atoms with Crippen LogP contribution in [0.3, 0.4) is 0 Å². The molecule has 6 nitrogen and oxygen atoms in total. The molecule has 1 unspecified atom stereocenters. The van der Waals surface area contributed by atoms with Gasteiger partial charge in [0, 0.05) is 24.3 Å². The lowest BCUT2D eigenvalue weighted by molar-refractivity contribution is -0.152. The van der Waals surface area contributed by atoms with E-state index in [1.807, 2.05) is 19.1 Å². The summed E-state index contributed by atoms with van der Waals surface area (Å²) >= 11 is 0. The standard InChI is InChI=1S/C23H25FN2O4/c1-2-16-5-11-20(12-6-16)25-21(27)15-30-23(29)18-4-3-13-26(14-18)22(28)17-7-9-19(24)10-8-17/h5-12,18H,2-4,13-15H2,1H3,(H,25,27). The van der Waals surface area contributed by atoms with Crippen LogP contribution in [0.25, 0.3) is 0 Å². The number of carbonyl (C=O) groups excluding carboxylic acids is 3. The molecule has 1 aliphatic rings. The first-order valence-corrected chi connectivity index (χ1v) is 10.1. The van der Waals surface area contributed by atoms with Gasteiger partial charge in [-0.15, -0.1) is 0 Å². The zero-order chi connectivity index (χ0) is 21.5. The van der Waals surface area contributed by atoms with Gasteiger partial charge in [-0.25, -0.2) is 4.39 Å². The number of hydrogen-bond donors (Lipinski definition) is 1. The molecule has 0 aliphatic carbocycles. The number of amides is 2. The Bertz CT molecular complexity index is 896. The molecule has 1 aliphatic heterocycles. The summed E-state index contributed by atoms with van der Waals surface area (Å²) in [7, 11) is 0. The molecule has 0 saturated carbocycles. The molecule has 2 aromatic carbocycles. The van der Waals surface area contributed by atoms with Crippen LogP contribution >= 0.6 is 0 Å². The molecule has 158 valence electrons. The van der Waals surface area contributed by atoms with Gasteiger partial charge in [-0.05, 0) is 61.2 Å². The molecule has 0 spiro atoms. The fraction of sp³-hybridized carbons (Fsp3) is 0.348. The number of ether oxygens (including phenoxy) is 1. The van der Waals surface area contributed by atoms with Crippen molar-refractivity contribution in [3.05, 3.63) is 65.5 Å². The summed E-state index contributed by atoms with van der Waals surface area (Å²) in [4.78, 5) is 38.6. The summed E-state index contributed by atoms with van der Waals surface area (Å²) in [6, 6.07) is 12.8. The Balaban J connectivity index is 1.49. The van der Waals surface area contributed by atoms with Crippen LogP contribution in [-0.2, 0) is 20.7 Å². The Labute approximate surface area is 175 Å². The third-order valence-electron chi connectivity index (χ3n) is 5.12. The molecular formula is C23H25FN2O4. The SMILES string of the molecule is CCc1ccc(NC(=O)COC(=O)C2CCCN(C(=O)c3ccc(F)cc3)C2)cc1. The van der Waals surface area contributed by atoms with Crippen molar-refractivity contribution in [3.8, 4) is 0 Å². The minimum atomic E-state index is -0.497. The molecule has 0 aromatic heterocycles. The summed E-state index contributed by atoms with van der Waals surface area (Å²) in [5.41, 5.74) is 2.18. The van der Waals surface area contributed by atoms with E-state index in [9.17, 15) is 18.8 Å². The summed E-state index contributed by atoms with van der Waals surface area (Å²) in [6.45, 7) is 2.41. The van der Waals surface area contributed by atoms with Crippen LogP contribution < -0.4 is 5.32 Å². The first-order chi connectivity index (χ1) is 14.5. The van der Waals surface area contributed by atoms with Crippen molar-refractivity contribution in [1.82, 2.24) is 4.90 Å². The van der Waals surface area contributed by atoms with Gasteiger partial charge in [0.15, 0.2) is 6.61 Å². The molecule has 30 heavy (non-hydrogen) atoms. The van der Waals surface area contributed by atoms with Gasteiger partial charge in [-0.3, -0.25) is 14.4 Å². The number of aryl methyl sites for hydroxylation is 1. The lowest BCUT2D eigenvalue weighted by atomic mass is 9.97. The minimum absolute atomic E-state index is 0.217. The topological polar surface area (TPSA) is 75.7 Å². The quantitative estimate of drug-likeness (QED) is 0.738. The average Bonchev–Trinajstić information content (AvgIpc) is 2.78. The van der Waals surface area contributed by atoms with E-state index in [1.165, 1.54) is 24.3 Å². The van der Waals surface area contributed by atoms with Gasteiger partial charge in [0.1, 0.15) is 5.82 Å². The number of benzene rings is 2. The fourth-order valence-electron chi connectivity index (χ4n) is 3.40. The molecule has 3 rings (SSSR count). The molecule has 7 heteroatoms. The molecule has 2 amide bonds.